The lowest BCUT2D eigenvalue weighted by atomic mass is 9.68. The first-order chi connectivity index (χ1) is 26.6. The van der Waals surface area contributed by atoms with Crippen molar-refractivity contribution in [3.63, 3.8) is 0 Å². The molecule has 4 nitrogen and oxygen atoms in total. The van der Waals surface area contributed by atoms with Crippen molar-refractivity contribution in [2.75, 3.05) is 0 Å². The van der Waals surface area contributed by atoms with Gasteiger partial charge in [-0.05, 0) is 58.7 Å². The summed E-state index contributed by atoms with van der Waals surface area (Å²) in [5.74, 6) is -0.0478. The van der Waals surface area contributed by atoms with Crippen LogP contribution in [0, 0.1) is 0 Å². The van der Waals surface area contributed by atoms with Crippen LogP contribution in [-0.2, 0) is 10.8 Å². The molecule has 0 spiro atoms. The van der Waals surface area contributed by atoms with Crippen molar-refractivity contribution in [1.82, 2.24) is 0 Å². The van der Waals surface area contributed by atoms with E-state index in [-0.39, 0.29) is 11.6 Å². The Balaban J connectivity index is 1.24. The van der Waals surface area contributed by atoms with Crippen molar-refractivity contribution in [2.45, 2.75) is 20.6 Å². The van der Waals surface area contributed by atoms with E-state index in [9.17, 15) is 0 Å². The first-order valence-corrected chi connectivity index (χ1v) is 19.4. The van der Waals surface area contributed by atoms with Gasteiger partial charge in [0.05, 0.1) is 11.4 Å². The number of rotatable bonds is 6. The molecular weight excluding hydrogens is 701 g/mol. The normalized spacial score (nSPS) is 15.4. The number of carbonyl (C=O) groups is 2. The number of hydrogen-bond donors (Lipinski definition) is 0. The number of ketones is 2. The standard InChI is InChI=1S/C48H32N2O2S2/c51-43-37-27-13-15-29-39(37)49-45(47(43,33-19-5-1-6-20-33)34-21-7-2-8-22-34)53-41-31-17-18-32-42(41)54-46-48(35-23-9-3-10-24-35,36-25-11-4-12-26-36)44(52)38-28-14-16-30-40(38)50-46/h1-32H. The first-order valence-electron chi connectivity index (χ1n) is 17.7. The summed E-state index contributed by atoms with van der Waals surface area (Å²) in [6, 6.07) is 63.1. The summed E-state index contributed by atoms with van der Waals surface area (Å²) >= 11 is 2.98. The van der Waals surface area contributed by atoms with Crippen LogP contribution in [0.3, 0.4) is 0 Å². The van der Waals surface area contributed by atoms with Gasteiger partial charge in [-0.25, -0.2) is 9.98 Å². The quantitative estimate of drug-likeness (QED) is 0.171. The molecule has 0 amide bonds. The molecule has 54 heavy (non-hydrogen) atoms. The lowest BCUT2D eigenvalue weighted by Gasteiger charge is -2.38. The van der Waals surface area contributed by atoms with Gasteiger partial charge in [0.1, 0.15) is 20.9 Å². The monoisotopic (exact) mass is 732 g/mol. The summed E-state index contributed by atoms with van der Waals surface area (Å²) in [5, 5.41) is 1.31. The van der Waals surface area contributed by atoms with E-state index >= 15 is 9.59 Å². The topological polar surface area (TPSA) is 58.9 Å². The number of para-hydroxylation sites is 2. The molecule has 2 aliphatic rings. The van der Waals surface area contributed by atoms with Gasteiger partial charge in [0.2, 0.25) is 0 Å². The molecule has 0 fully saturated rings. The zero-order valence-electron chi connectivity index (χ0n) is 29.0. The summed E-state index contributed by atoms with van der Waals surface area (Å²) in [4.78, 5) is 42.7. The summed E-state index contributed by atoms with van der Waals surface area (Å²) in [6.45, 7) is 0. The van der Waals surface area contributed by atoms with Crippen LogP contribution >= 0.6 is 23.5 Å². The molecule has 6 heteroatoms. The minimum atomic E-state index is -1.20. The Kier molecular flexibility index (Phi) is 8.78. The van der Waals surface area contributed by atoms with Crippen LogP contribution in [-0.4, -0.2) is 21.7 Å². The van der Waals surface area contributed by atoms with Crippen LogP contribution in [0.2, 0.25) is 0 Å². The van der Waals surface area contributed by atoms with E-state index in [0.717, 1.165) is 32.0 Å². The lowest BCUT2D eigenvalue weighted by molar-refractivity contribution is 0.0941. The number of benzene rings is 7. The summed E-state index contributed by atoms with van der Waals surface area (Å²) in [6.07, 6.45) is 0. The Morgan fingerprint density at radius 2 is 0.611 bits per heavy atom. The molecule has 0 atom stereocenters. The van der Waals surface area contributed by atoms with Crippen LogP contribution in [0.1, 0.15) is 43.0 Å². The second-order valence-electron chi connectivity index (χ2n) is 13.1. The maximum absolute atomic E-state index is 15.1. The van der Waals surface area contributed by atoms with Crippen LogP contribution in [0.15, 0.2) is 214 Å². The highest BCUT2D eigenvalue weighted by Crippen LogP contribution is 2.52. The minimum absolute atomic E-state index is 0.0239. The molecule has 9 rings (SSSR count). The third-order valence-electron chi connectivity index (χ3n) is 10.2. The van der Waals surface area contributed by atoms with Gasteiger partial charge in [-0.2, -0.15) is 0 Å². The van der Waals surface area contributed by atoms with Crippen molar-refractivity contribution in [3.05, 3.63) is 228 Å². The summed E-state index contributed by atoms with van der Waals surface area (Å²) in [5.41, 5.74) is 3.44. The third kappa shape index (κ3) is 5.41. The number of thioether (sulfide) groups is 2. The maximum Gasteiger partial charge on any atom is 0.186 e. The second-order valence-corrected chi connectivity index (χ2v) is 15.2. The molecule has 7 aromatic rings. The van der Waals surface area contributed by atoms with E-state index in [1.807, 2.05) is 182 Å². The van der Waals surface area contributed by atoms with Gasteiger partial charge in [-0.15, -0.1) is 0 Å². The molecule has 0 bridgehead atoms. The van der Waals surface area contributed by atoms with Crippen LogP contribution in [0.5, 0.6) is 0 Å². The molecule has 0 unspecified atom stereocenters. The number of hydrogen-bond acceptors (Lipinski definition) is 6. The van der Waals surface area contributed by atoms with Crippen molar-refractivity contribution in [3.8, 4) is 0 Å². The molecule has 0 radical (unpaired) electrons. The van der Waals surface area contributed by atoms with E-state index in [1.54, 1.807) is 0 Å². The first kappa shape index (κ1) is 33.7. The van der Waals surface area contributed by atoms with Gasteiger partial charge >= 0.3 is 0 Å². The Bertz CT molecular complexity index is 2330. The predicted molar refractivity (Wildman–Crippen MR) is 221 cm³/mol. The number of Topliss-reactive ketones (excluding diaryl/α,β-unsaturated/α-hetero) is 2. The Labute approximate surface area is 322 Å². The van der Waals surface area contributed by atoms with E-state index in [2.05, 4.69) is 12.1 Å². The SMILES string of the molecule is O=C1c2ccccc2N=C(Sc2ccccc2SC2=Nc3ccccc3C(=O)C2(c2ccccc2)c2ccccc2)C1(c1ccccc1)c1ccccc1. The largest absolute Gasteiger partial charge is 0.292 e. The highest BCUT2D eigenvalue weighted by atomic mass is 32.2. The molecule has 258 valence electrons. The van der Waals surface area contributed by atoms with E-state index < -0.39 is 10.8 Å². The van der Waals surface area contributed by atoms with Gasteiger partial charge in [0, 0.05) is 20.9 Å². The highest BCUT2D eigenvalue weighted by Gasteiger charge is 2.52. The van der Waals surface area contributed by atoms with Gasteiger partial charge in [-0.1, -0.05) is 181 Å². The van der Waals surface area contributed by atoms with E-state index in [4.69, 9.17) is 9.98 Å². The third-order valence-corrected chi connectivity index (χ3v) is 12.6. The van der Waals surface area contributed by atoms with Crippen molar-refractivity contribution < 1.29 is 9.59 Å². The Hall–Kier alpha value is -6.08. The van der Waals surface area contributed by atoms with E-state index in [1.165, 1.54) is 23.5 Å². The minimum Gasteiger partial charge on any atom is -0.292 e. The van der Waals surface area contributed by atoms with Crippen molar-refractivity contribution in [1.29, 1.82) is 0 Å². The smallest absolute Gasteiger partial charge is 0.186 e. The van der Waals surface area contributed by atoms with E-state index in [0.29, 0.717) is 32.6 Å². The zero-order valence-corrected chi connectivity index (χ0v) is 30.6. The Morgan fingerprint density at radius 3 is 0.944 bits per heavy atom. The molecule has 0 N–H and O–H groups in total. The maximum atomic E-state index is 15.1. The summed E-state index contributed by atoms with van der Waals surface area (Å²) in [7, 11) is 0. The van der Waals surface area contributed by atoms with Crippen LogP contribution < -0.4 is 0 Å². The number of carbonyl (C=O) groups excluding carboxylic acids is 2. The lowest BCUT2D eigenvalue weighted by Crippen LogP contribution is -2.45. The molecule has 7 aromatic carbocycles. The average Bonchev–Trinajstić information content (AvgIpc) is 3.23. The van der Waals surface area contributed by atoms with Gasteiger partial charge < -0.3 is 0 Å². The predicted octanol–water partition coefficient (Wildman–Crippen LogP) is 11.7. The molecular formula is C48H32N2O2S2. The van der Waals surface area contributed by atoms with Gasteiger partial charge in [0.15, 0.2) is 11.6 Å². The van der Waals surface area contributed by atoms with Crippen molar-refractivity contribution >= 4 is 56.6 Å². The summed E-state index contributed by atoms with van der Waals surface area (Å²) < 4.78 is 0. The fourth-order valence-corrected chi connectivity index (χ4v) is 10.2. The zero-order chi connectivity index (χ0) is 36.5. The molecule has 2 aliphatic heterocycles. The second kappa shape index (κ2) is 14.0. The molecule has 0 saturated carbocycles. The van der Waals surface area contributed by atoms with Crippen molar-refractivity contribution in [2.24, 2.45) is 9.98 Å². The fourth-order valence-electron chi connectivity index (χ4n) is 7.64. The molecule has 2 heterocycles. The molecule has 0 aromatic heterocycles. The number of nitrogens with zero attached hydrogens (tertiary/aromatic N) is 2. The van der Waals surface area contributed by atoms with Gasteiger partial charge in [0.25, 0.3) is 0 Å². The fraction of sp³-hybridized carbons (Fsp3) is 0.0417. The van der Waals surface area contributed by atoms with Crippen LogP contribution in [0.25, 0.3) is 0 Å². The highest BCUT2D eigenvalue weighted by molar-refractivity contribution is 8.17. The van der Waals surface area contributed by atoms with Gasteiger partial charge in [-0.3, -0.25) is 9.59 Å². The van der Waals surface area contributed by atoms with Crippen LogP contribution in [0.4, 0.5) is 11.4 Å². The average molecular weight is 733 g/mol. The Morgan fingerprint density at radius 1 is 0.333 bits per heavy atom. The number of fused-ring (bicyclic) bond motifs is 2. The number of aliphatic imine (C=N–C) groups is 2. The molecule has 0 aliphatic carbocycles. The molecule has 0 saturated heterocycles.